The maximum atomic E-state index is 10.8. The van der Waals surface area contributed by atoms with Gasteiger partial charge in [-0.25, -0.2) is 4.98 Å². The van der Waals surface area contributed by atoms with Crippen LogP contribution in [0.1, 0.15) is 11.7 Å². The van der Waals surface area contributed by atoms with Crippen LogP contribution in [0.25, 0.3) is 11.0 Å². The van der Waals surface area contributed by atoms with Crippen molar-refractivity contribution in [3.05, 3.63) is 34.1 Å². The molecule has 2 aromatic heterocycles. The van der Waals surface area contributed by atoms with Crippen molar-refractivity contribution >= 4 is 28.3 Å². The van der Waals surface area contributed by atoms with Crippen LogP contribution < -0.4 is 0 Å². The lowest BCUT2D eigenvalue weighted by molar-refractivity contribution is -0.383. The second kappa shape index (κ2) is 4.89. The van der Waals surface area contributed by atoms with Crippen molar-refractivity contribution in [1.29, 1.82) is 0 Å². The number of hydrogen-bond acceptors (Lipinski definition) is 5. The number of nitrogens with zero attached hydrogens (tertiary/aromatic N) is 2. The van der Waals surface area contributed by atoms with E-state index in [2.05, 4.69) is 9.97 Å². The summed E-state index contributed by atoms with van der Waals surface area (Å²) in [6.45, 7) is 0. The predicted molar refractivity (Wildman–Crippen MR) is 64.4 cm³/mol. The fourth-order valence-corrected chi connectivity index (χ4v) is 1.79. The average Bonchev–Trinajstić information content (AvgIpc) is 2.79. The normalized spacial score (nSPS) is 14.6. The summed E-state index contributed by atoms with van der Waals surface area (Å²) in [5.74, 6) is -0.144. The van der Waals surface area contributed by atoms with Gasteiger partial charge >= 0.3 is 0 Å². The number of aliphatic hydroxyl groups excluding tert-OH is 2. The Morgan fingerprint density at radius 3 is 2.89 bits per heavy atom. The predicted octanol–water partition coefficient (Wildman–Crippen LogP) is 1.10. The van der Waals surface area contributed by atoms with Crippen molar-refractivity contribution in [2.75, 3.05) is 5.88 Å². The molecule has 0 fully saturated rings. The molecule has 0 bridgehead atoms. The molecule has 2 heterocycles. The molecule has 3 N–H and O–H groups in total. The van der Waals surface area contributed by atoms with Crippen LogP contribution in [0.3, 0.4) is 0 Å². The first-order valence-corrected chi connectivity index (χ1v) is 5.61. The lowest BCUT2D eigenvalue weighted by atomic mass is 10.1. The molecule has 0 radical (unpaired) electrons. The number of alkyl halides is 1. The van der Waals surface area contributed by atoms with Crippen molar-refractivity contribution in [2.24, 2.45) is 0 Å². The highest BCUT2D eigenvalue weighted by atomic mass is 35.5. The molecule has 0 saturated heterocycles. The van der Waals surface area contributed by atoms with Crippen molar-refractivity contribution in [2.45, 2.75) is 12.2 Å². The summed E-state index contributed by atoms with van der Waals surface area (Å²) in [7, 11) is 0. The third-order valence-electron chi connectivity index (χ3n) is 2.59. The Balaban J connectivity index is 2.48. The van der Waals surface area contributed by atoms with Crippen LogP contribution in [0.2, 0.25) is 0 Å². The highest BCUT2D eigenvalue weighted by Gasteiger charge is 2.21. The third-order valence-corrected chi connectivity index (χ3v) is 2.91. The number of aliphatic hydroxyl groups is 2. The minimum absolute atomic E-state index is 0.132. The van der Waals surface area contributed by atoms with Crippen LogP contribution in [0, 0.1) is 10.1 Å². The van der Waals surface area contributed by atoms with Crippen LogP contribution in [0.15, 0.2) is 18.5 Å². The van der Waals surface area contributed by atoms with E-state index >= 15 is 0 Å². The molecule has 18 heavy (non-hydrogen) atoms. The molecule has 8 heteroatoms. The van der Waals surface area contributed by atoms with Gasteiger partial charge in [0, 0.05) is 11.8 Å². The lowest BCUT2D eigenvalue weighted by Crippen LogP contribution is -2.19. The van der Waals surface area contributed by atoms with Gasteiger partial charge < -0.3 is 15.2 Å². The smallest absolute Gasteiger partial charge is 0.296 e. The number of nitrogens with one attached hydrogen (secondary N) is 1. The molecule has 0 aromatic carbocycles. The standard InChI is InChI=1S/C10H10ClN3O4/c11-2-8(15)9(16)5-1-6-7(14(17)18)4-13-10(6)12-3-5/h1,3-4,8-9,15-16H,2H2,(H,12,13). The number of halogens is 1. The first kappa shape index (κ1) is 12.7. The zero-order chi connectivity index (χ0) is 13.3. The molecule has 0 aliphatic heterocycles. The largest absolute Gasteiger partial charge is 0.389 e. The van der Waals surface area contributed by atoms with Crippen molar-refractivity contribution in [1.82, 2.24) is 9.97 Å². The van der Waals surface area contributed by atoms with E-state index in [1.54, 1.807) is 0 Å². The molecule has 0 spiro atoms. The Morgan fingerprint density at radius 2 is 2.28 bits per heavy atom. The quantitative estimate of drug-likeness (QED) is 0.438. The molecule has 7 nitrogen and oxygen atoms in total. The zero-order valence-electron chi connectivity index (χ0n) is 9.08. The van der Waals surface area contributed by atoms with Gasteiger partial charge in [-0.05, 0) is 6.07 Å². The van der Waals surface area contributed by atoms with E-state index in [4.69, 9.17) is 11.6 Å². The molecule has 0 saturated carbocycles. The summed E-state index contributed by atoms with van der Waals surface area (Å²) >= 11 is 5.43. The van der Waals surface area contributed by atoms with Crippen LogP contribution >= 0.6 is 11.6 Å². The van der Waals surface area contributed by atoms with Gasteiger partial charge in [-0.15, -0.1) is 11.6 Å². The van der Waals surface area contributed by atoms with Gasteiger partial charge in [0.25, 0.3) is 5.69 Å². The number of aromatic nitrogens is 2. The maximum Gasteiger partial charge on any atom is 0.296 e. The fraction of sp³-hybridized carbons (Fsp3) is 0.300. The Labute approximate surface area is 106 Å². The first-order valence-electron chi connectivity index (χ1n) is 5.08. The van der Waals surface area contributed by atoms with E-state index in [1.165, 1.54) is 18.5 Å². The number of fused-ring (bicyclic) bond motifs is 1. The van der Waals surface area contributed by atoms with Gasteiger partial charge in [0.05, 0.1) is 28.5 Å². The van der Waals surface area contributed by atoms with Crippen molar-refractivity contribution in [3.63, 3.8) is 0 Å². The van der Waals surface area contributed by atoms with Crippen molar-refractivity contribution < 1.29 is 15.1 Å². The summed E-state index contributed by atoms with van der Waals surface area (Å²) in [4.78, 5) is 16.8. The molecule has 0 aliphatic rings. The van der Waals surface area contributed by atoms with E-state index in [0.717, 1.165) is 0 Å². The van der Waals surface area contributed by atoms with Gasteiger partial charge in [0.2, 0.25) is 0 Å². The van der Waals surface area contributed by atoms with E-state index in [0.29, 0.717) is 5.65 Å². The number of rotatable bonds is 4. The van der Waals surface area contributed by atoms with E-state index in [9.17, 15) is 20.3 Å². The van der Waals surface area contributed by atoms with Crippen LogP contribution in [0.4, 0.5) is 5.69 Å². The Hall–Kier alpha value is -1.70. The van der Waals surface area contributed by atoms with Crippen molar-refractivity contribution in [3.8, 4) is 0 Å². The number of hydrogen-bond donors (Lipinski definition) is 3. The monoisotopic (exact) mass is 271 g/mol. The maximum absolute atomic E-state index is 10.8. The fourth-order valence-electron chi connectivity index (χ4n) is 1.62. The van der Waals surface area contributed by atoms with Crippen LogP contribution in [-0.2, 0) is 0 Å². The Morgan fingerprint density at radius 1 is 1.56 bits per heavy atom. The molecule has 2 atom stereocenters. The number of H-pyrrole nitrogens is 1. The number of nitro groups is 1. The Kier molecular flexibility index (Phi) is 3.46. The number of aromatic amines is 1. The topological polar surface area (TPSA) is 112 Å². The summed E-state index contributed by atoms with van der Waals surface area (Å²) in [5.41, 5.74) is 0.489. The summed E-state index contributed by atoms with van der Waals surface area (Å²) in [6, 6.07) is 1.41. The molecular formula is C10H10ClN3O4. The lowest BCUT2D eigenvalue weighted by Gasteiger charge is -2.14. The third kappa shape index (κ3) is 2.15. The Bertz CT molecular complexity index is 586. The van der Waals surface area contributed by atoms with Crippen LogP contribution in [-0.4, -0.2) is 37.1 Å². The van der Waals surface area contributed by atoms with E-state index in [1.807, 2.05) is 0 Å². The molecular weight excluding hydrogens is 262 g/mol. The van der Waals surface area contributed by atoms with Crippen LogP contribution in [0.5, 0.6) is 0 Å². The highest BCUT2D eigenvalue weighted by Crippen LogP contribution is 2.27. The molecule has 0 aliphatic carbocycles. The summed E-state index contributed by atoms with van der Waals surface area (Å²) in [5, 5.41) is 30.2. The number of pyridine rings is 1. The zero-order valence-corrected chi connectivity index (χ0v) is 9.83. The molecule has 0 amide bonds. The minimum Gasteiger partial charge on any atom is -0.389 e. The molecule has 2 rings (SSSR count). The van der Waals surface area contributed by atoms with Gasteiger partial charge in [0.15, 0.2) is 0 Å². The van der Waals surface area contributed by atoms with Gasteiger partial charge in [-0.1, -0.05) is 0 Å². The van der Waals surface area contributed by atoms with Gasteiger partial charge in [-0.3, -0.25) is 10.1 Å². The first-order chi connectivity index (χ1) is 8.54. The molecule has 2 aromatic rings. The highest BCUT2D eigenvalue weighted by molar-refractivity contribution is 6.18. The summed E-state index contributed by atoms with van der Waals surface area (Å²) in [6.07, 6.45) is 0.187. The van der Waals surface area contributed by atoms with Gasteiger partial charge in [-0.2, -0.15) is 0 Å². The van der Waals surface area contributed by atoms with Gasteiger partial charge in [0.1, 0.15) is 11.8 Å². The molecule has 2 unspecified atom stereocenters. The SMILES string of the molecule is O=[N+]([O-])c1c[nH]c2ncc(C(O)C(O)CCl)cc12. The van der Waals surface area contributed by atoms with E-state index in [-0.39, 0.29) is 22.5 Å². The summed E-state index contributed by atoms with van der Waals surface area (Å²) < 4.78 is 0. The second-order valence-electron chi connectivity index (χ2n) is 3.76. The van der Waals surface area contributed by atoms with E-state index < -0.39 is 17.1 Å². The average molecular weight is 272 g/mol. The molecule has 96 valence electrons. The second-order valence-corrected chi connectivity index (χ2v) is 4.07. The minimum atomic E-state index is -1.23.